The lowest BCUT2D eigenvalue weighted by Gasteiger charge is -2.40. The predicted molar refractivity (Wildman–Crippen MR) is 76.2 cm³/mol. The number of aliphatic hydroxyl groups excluding tert-OH is 1. The van der Waals surface area contributed by atoms with E-state index >= 15 is 0 Å². The van der Waals surface area contributed by atoms with E-state index in [0.29, 0.717) is 6.42 Å². The lowest BCUT2D eigenvalue weighted by molar-refractivity contribution is 0.0145. The van der Waals surface area contributed by atoms with Crippen LogP contribution >= 0.6 is 0 Å². The van der Waals surface area contributed by atoms with Crippen molar-refractivity contribution >= 4 is 0 Å². The molecule has 5 nitrogen and oxygen atoms in total. The van der Waals surface area contributed by atoms with Gasteiger partial charge in [0.25, 0.3) is 0 Å². The molecule has 1 aromatic rings. The highest BCUT2D eigenvalue weighted by Crippen LogP contribution is 2.15. The van der Waals surface area contributed by atoms with Gasteiger partial charge in [-0.15, -0.1) is 0 Å². The number of aromatic nitrogens is 2. The lowest BCUT2D eigenvalue weighted by Crippen LogP contribution is -2.55. The molecule has 0 aliphatic carbocycles. The molecule has 5 heteroatoms. The number of aliphatic hydroxyl groups is 1. The Labute approximate surface area is 115 Å². The van der Waals surface area contributed by atoms with Gasteiger partial charge in [0, 0.05) is 44.8 Å². The van der Waals surface area contributed by atoms with Gasteiger partial charge in [0.2, 0.25) is 0 Å². The highest BCUT2D eigenvalue weighted by atomic mass is 16.3. The van der Waals surface area contributed by atoms with Gasteiger partial charge in [-0.2, -0.15) is 5.10 Å². The molecule has 19 heavy (non-hydrogen) atoms. The molecule has 1 aliphatic rings. The fourth-order valence-electron chi connectivity index (χ4n) is 2.75. The van der Waals surface area contributed by atoms with Crippen LogP contribution in [0.15, 0.2) is 6.07 Å². The van der Waals surface area contributed by atoms with E-state index in [0.717, 1.165) is 37.4 Å². The third-order valence-electron chi connectivity index (χ3n) is 4.15. The van der Waals surface area contributed by atoms with E-state index in [2.05, 4.69) is 42.0 Å². The van der Waals surface area contributed by atoms with Crippen molar-refractivity contribution in [3.63, 3.8) is 0 Å². The maximum atomic E-state index is 10.5. The Hall–Kier alpha value is -0.910. The number of piperazine rings is 1. The zero-order chi connectivity index (χ0) is 14.0. The summed E-state index contributed by atoms with van der Waals surface area (Å²) >= 11 is 0. The zero-order valence-corrected chi connectivity index (χ0v) is 12.5. The van der Waals surface area contributed by atoms with Crippen LogP contribution in [0.1, 0.15) is 18.3 Å². The molecule has 2 atom stereocenters. The average molecular weight is 266 g/mol. The molecule has 1 aliphatic heterocycles. The van der Waals surface area contributed by atoms with Crippen molar-refractivity contribution in [1.29, 1.82) is 0 Å². The largest absolute Gasteiger partial charge is 0.391 e. The lowest BCUT2D eigenvalue weighted by atomic mass is 10.0. The molecular weight excluding hydrogens is 240 g/mol. The van der Waals surface area contributed by atoms with Crippen LogP contribution in [0.3, 0.4) is 0 Å². The molecule has 1 aromatic heterocycles. The highest BCUT2D eigenvalue weighted by Gasteiger charge is 2.29. The Kier molecular flexibility index (Phi) is 4.60. The van der Waals surface area contributed by atoms with Crippen molar-refractivity contribution in [1.82, 2.24) is 19.6 Å². The van der Waals surface area contributed by atoms with Gasteiger partial charge >= 0.3 is 0 Å². The maximum Gasteiger partial charge on any atom is 0.0762 e. The first-order chi connectivity index (χ1) is 9.01. The second-order valence-corrected chi connectivity index (χ2v) is 5.69. The first-order valence-electron chi connectivity index (χ1n) is 7.10. The quantitative estimate of drug-likeness (QED) is 0.841. The van der Waals surface area contributed by atoms with Crippen LogP contribution < -0.4 is 0 Å². The molecule has 0 bridgehead atoms. The molecular formula is C14H26N4O. The molecule has 2 heterocycles. The summed E-state index contributed by atoms with van der Waals surface area (Å²) in [7, 11) is 6.17. The van der Waals surface area contributed by atoms with E-state index in [1.165, 1.54) is 0 Å². The molecule has 0 saturated carbocycles. The molecule has 1 saturated heterocycles. The van der Waals surface area contributed by atoms with Crippen LogP contribution in [0.5, 0.6) is 0 Å². The summed E-state index contributed by atoms with van der Waals surface area (Å²) in [4.78, 5) is 4.55. The summed E-state index contributed by atoms with van der Waals surface area (Å²) in [5.41, 5.74) is 2.21. The Bertz CT molecular complexity index is 418. The summed E-state index contributed by atoms with van der Waals surface area (Å²) in [6.45, 7) is 5.12. The van der Waals surface area contributed by atoms with E-state index in [9.17, 15) is 5.11 Å². The summed E-state index contributed by atoms with van der Waals surface area (Å²) in [6.07, 6.45) is 1.27. The van der Waals surface area contributed by atoms with Gasteiger partial charge in [-0.3, -0.25) is 9.58 Å². The van der Waals surface area contributed by atoms with E-state index in [-0.39, 0.29) is 12.1 Å². The van der Waals surface area contributed by atoms with E-state index in [4.69, 9.17) is 0 Å². The topological polar surface area (TPSA) is 44.5 Å². The summed E-state index contributed by atoms with van der Waals surface area (Å²) in [6, 6.07) is 2.31. The first kappa shape index (κ1) is 14.5. The highest BCUT2D eigenvalue weighted by molar-refractivity contribution is 5.11. The van der Waals surface area contributed by atoms with Crippen molar-refractivity contribution in [2.24, 2.45) is 7.05 Å². The third-order valence-corrected chi connectivity index (χ3v) is 4.15. The van der Waals surface area contributed by atoms with Crippen molar-refractivity contribution < 1.29 is 5.11 Å². The van der Waals surface area contributed by atoms with Gasteiger partial charge < -0.3 is 10.0 Å². The molecule has 0 aromatic carbocycles. The van der Waals surface area contributed by atoms with Crippen LogP contribution in [-0.4, -0.2) is 70.6 Å². The minimum absolute atomic E-state index is 0.207. The van der Waals surface area contributed by atoms with Gasteiger partial charge in [-0.05, 0) is 26.6 Å². The number of hydrogen-bond donors (Lipinski definition) is 1. The van der Waals surface area contributed by atoms with Crippen LogP contribution in [0.2, 0.25) is 0 Å². The van der Waals surface area contributed by atoms with E-state index in [1.807, 2.05) is 11.7 Å². The average Bonchev–Trinajstić information content (AvgIpc) is 2.73. The molecule has 108 valence electrons. The standard InChI is InChI=1S/C14H26N4O/c1-5-11-8-12(18(4)15-11)9-14(19)13-10-16(2)6-7-17(13)3/h8,13-14,19H,5-7,9-10H2,1-4H3. The van der Waals surface area contributed by atoms with Gasteiger partial charge in [0.15, 0.2) is 0 Å². The first-order valence-corrected chi connectivity index (χ1v) is 7.10. The molecule has 2 rings (SSSR count). The number of aryl methyl sites for hydroxylation is 2. The van der Waals surface area contributed by atoms with Crippen molar-refractivity contribution in [2.45, 2.75) is 31.9 Å². The molecule has 0 radical (unpaired) electrons. The van der Waals surface area contributed by atoms with Gasteiger partial charge in [0.05, 0.1) is 11.8 Å². The number of nitrogens with zero attached hydrogens (tertiary/aromatic N) is 4. The fraction of sp³-hybridized carbons (Fsp3) is 0.786. The molecule has 1 N–H and O–H groups in total. The van der Waals surface area contributed by atoms with Crippen molar-refractivity contribution in [2.75, 3.05) is 33.7 Å². The Morgan fingerprint density at radius 2 is 2.11 bits per heavy atom. The van der Waals surface area contributed by atoms with Crippen LogP contribution in [0.25, 0.3) is 0 Å². The SMILES string of the molecule is CCc1cc(CC(O)C2CN(C)CCN2C)n(C)n1. The minimum Gasteiger partial charge on any atom is -0.391 e. The Morgan fingerprint density at radius 1 is 1.37 bits per heavy atom. The number of likely N-dealkylation sites (N-methyl/N-ethyl adjacent to an activating group) is 2. The second kappa shape index (κ2) is 6.03. The van der Waals surface area contributed by atoms with Gasteiger partial charge in [0.1, 0.15) is 0 Å². The molecule has 0 spiro atoms. The van der Waals surface area contributed by atoms with Crippen LogP contribution in [-0.2, 0) is 19.9 Å². The van der Waals surface area contributed by atoms with Crippen molar-refractivity contribution in [3.8, 4) is 0 Å². The summed E-state index contributed by atoms with van der Waals surface area (Å²) < 4.78 is 1.90. The fourth-order valence-corrected chi connectivity index (χ4v) is 2.75. The second-order valence-electron chi connectivity index (χ2n) is 5.69. The normalized spacial score (nSPS) is 23.7. The minimum atomic E-state index is -0.340. The summed E-state index contributed by atoms with van der Waals surface area (Å²) in [5.74, 6) is 0. The molecule has 1 fully saturated rings. The zero-order valence-electron chi connectivity index (χ0n) is 12.5. The van der Waals surface area contributed by atoms with Gasteiger partial charge in [-0.1, -0.05) is 6.92 Å². The van der Waals surface area contributed by atoms with Crippen molar-refractivity contribution in [3.05, 3.63) is 17.5 Å². The van der Waals surface area contributed by atoms with Crippen LogP contribution in [0, 0.1) is 0 Å². The monoisotopic (exact) mass is 266 g/mol. The van der Waals surface area contributed by atoms with Gasteiger partial charge in [-0.25, -0.2) is 0 Å². The molecule has 0 amide bonds. The number of rotatable bonds is 4. The van der Waals surface area contributed by atoms with E-state index in [1.54, 1.807) is 0 Å². The molecule has 2 unspecified atom stereocenters. The third kappa shape index (κ3) is 3.35. The smallest absolute Gasteiger partial charge is 0.0762 e. The Morgan fingerprint density at radius 3 is 2.74 bits per heavy atom. The Balaban J connectivity index is 2.02. The van der Waals surface area contributed by atoms with Crippen LogP contribution in [0.4, 0.5) is 0 Å². The number of hydrogen-bond acceptors (Lipinski definition) is 4. The summed E-state index contributed by atoms with van der Waals surface area (Å²) in [5, 5.41) is 15.0. The predicted octanol–water partition coefficient (Wildman–Crippen LogP) is 0.132. The van der Waals surface area contributed by atoms with E-state index < -0.39 is 0 Å². The maximum absolute atomic E-state index is 10.5.